The number of hydrogen-bond acceptors (Lipinski definition) is 3. The molecule has 1 aliphatic heterocycles. The Bertz CT molecular complexity index is 317. The summed E-state index contributed by atoms with van der Waals surface area (Å²) in [5.74, 6) is 0.633. The first kappa shape index (κ1) is 11.6. The Kier molecular flexibility index (Phi) is 3.93. The van der Waals surface area contributed by atoms with Gasteiger partial charge in [0.2, 0.25) is 0 Å². The molecule has 0 aromatic heterocycles. The highest BCUT2D eigenvalue weighted by Crippen LogP contribution is 2.24. The zero-order chi connectivity index (χ0) is 11.4. The third-order valence-electron chi connectivity index (χ3n) is 3.33. The molecule has 0 spiro atoms. The standard InChI is InChI=1S/C13H20N2O/c14-13(9-16)11-5-3-10(4-6-11)12-2-1-7-15-8-12/h3-6,12-13,15-16H,1-2,7-9,14H2. The van der Waals surface area contributed by atoms with Crippen molar-refractivity contribution in [3.05, 3.63) is 35.4 Å². The van der Waals surface area contributed by atoms with E-state index in [1.807, 2.05) is 12.1 Å². The zero-order valence-electron chi connectivity index (χ0n) is 9.52. The van der Waals surface area contributed by atoms with Crippen molar-refractivity contribution in [2.24, 2.45) is 5.73 Å². The van der Waals surface area contributed by atoms with Crippen molar-refractivity contribution in [2.45, 2.75) is 24.8 Å². The van der Waals surface area contributed by atoms with Gasteiger partial charge in [0, 0.05) is 6.54 Å². The van der Waals surface area contributed by atoms with Gasteiger partial charge < -0.3 is 16.2 Å². The molecule has 0 saturated carbocycles. The molecule has 0 amide bonds. The topological polar surface area (TPSA) is 58.3 Å². The highest BCUT2D eigenvalue weighted by molar-refractivity contribution is 5.27. The van der Waals surface area contributed by atoms with Crippen LogP contribution in [-0.2, 0) is 0 Å². The molecular formula is C13H20N2O. The molecule has 4 N–H and O–H groups in total. The molecule has 0 bridgehead atoms. The first-order chi connectivity index (χ1) is 7.81. The van der Waals surface area contributed by atoms with Crippen LogP contribution in [0.3, 0.4) is 0 Å². The van der Waals surface area contributed by atoms with Crippen LogP contribution in [0.1, 0.15) is 35.9 Å². The van der Waals surface area contributed by atoms with Crippen LogP contribution in [0.4, 0.5) is 0 Å². The number of hydrogen-bond donors (Lipinski definition) is 3. The summed E-state index contributed by atoms with van der Waals surface area (Å²) in [5.41, 5.74) is 8.15. The number of benzene rings is 1. The Balaban J connectivity index is 2.06. The van der Waals surface area contributed by atoms with Crippen LogP contribution in [0.2, 0.25) is 0 Å². The molecule has 88 valence electrons. The van der Waals surface area contributed by atoms with Crippen molar-refractivity contribution >= 4 is 0 Å². The smallest absolute Gasteiger partial charge is 0.0624 e. The maximum absolute atomic E-state index is 8.97. The number of aliphatic hydroxyl groups excluding tert-OH is 1. The molecular weight excluding hydrogens is 200 g/mol. The van der Waals surface area contributed by atoms with Gasteiger partial charge in [-0.2, -0.15) is 0 Å². The van der Waals surface area contributed by atoms with Crippen LogP contribution in [0.15, 0.2) is 24.3 Å². The maximum atomic E-state index is 8.97. The van der Waals surface area contributed by atoms with Gasteiger partial charge in [0.25, 0.3) is 0 Å². The largest absolute Gasteiger partial charge is 0.394 e. The minimum atomic E-state index is -0.251. The highest BCUT2D eigenvalue weighted by atomic mass is 16.3. The average molecular weight is 220 g/mol. The van der Waals surface area contributed by atoms with Gasteiger partial charge in [-0.3, -0.25) is 0 Å². The quantitative estimate of drug-likeness (QED) is 0.716. The SMILES string of the molecule is NC(CO)c1ccc(C2CCCNC2)cc1. The predicted octanol–water partition coefficient (Wildman–Crippen LogP) is 1.15. The molecule has 1 fully saturated rings. The monoisotopic (exact) mass is 220 g/mol. The summed E-state index contributed by atoms with van der Waals surface area (Å²) in [6.07, 6.45) is 2.51. The van der Waals surface area contributed by atoms with Crippen molar-refractivity contribution < 1.29 is 5.11 Å². The number of aliphatic hydroxyl groups is 1. The van der Waals surface area contributed by atoms with Crippen molar-refractivity contribution in [1.82, 2.24) is 5.32 Å². The normalized spacial score (nSPS) is 23.0. The highest BCUT2D eigenvalue weighted by Gasteiger charge is 2.15. The summed E-state index contributed by atoms with van der Waals surface area (Å²) in [4.78, 5) is 0. The Morgan fingerprint density at radius 3 is 2.69 bits per heavy atom. The van der Waals surface area contributed by atoms with E-state index in [1.165, 1.54) is 18.4 Å². The first-order valence-corrected chi connectivity index (χ1v) is 5.98. The Labute approximate surface area is 96.7 Å². The number of piperidine rings is 1. The Morgan fingerprint density at radius 1 is 1.38 bits per heavy atom. The van der Waals surface area contributed by atoms with Gasteiger partial charge in [-0.05, 0) is 36.4 Å². The van der Waals surface area contributed by atoms with Crippen molar-refractivity contribution in [3.63, 3.8) is 0 Å². The predicted molar refractivity (Wildman–Crippen MR) is 65.3 cm³/mol. The van der Waals surface area contributed by atoms with Crippen LogP contribution in [0.5, 0.6) is 0 Å². The van der Waals surface area contributed by atoms with Gasteiger partial charge in [-0.1, -0.05) is 24.3 Å². The minimum absolute atomic E-state index is 0.00430. The second kappa shape index (κ2) is 5.43. The summed E-state index contributed by atoms with van der Waals surface area (Å²) < 4.78 is 0. The van der Waals surface area contributed by atoms with E-state index in [4.69, 9.17) is 10.8 Å². The molecule has 1 saturated heterocycles. The van der Waals surface area contributed by atoms with Gasteiger partial charge in [0.05, 0.1) is 12.6 Å². The van der Waals surface area contributed by atoms with Gasteiger partial charge in [-0.15, -0.1) is 0 Å². The van der Waals surface area contributed by atoms with Crippen molar-refractivity contribution in [3.8, 4) is 0 Å². The van der Waals surface area contributed by atoms with Gasteiger partial charge >= 0.3 is 0 Å². The number of rotatable bonds is 3. The van der Waals surface area contributed by atoms with Crippen LogP contribution in [0, 0.1) is 0 Å². The van der Waals surface area contributed by atoms with Gasteiger partial charge in [0.1, 0.15) is 0 Å². The molecule has 3 nitrogen and oxygen atoms in total. The van der Waals surface area contributed by atoms with Gasteiger partial charge in [0.15, 0.2) is 0 Å². The first-order valence-electron chi connectivity index (χ1n) is 5.98. The van der Waals surface area contributed by atoms with E-state index in [-0.39, 0.29) is 12.6 Å². The summed E-state index contributed by atoms with van der Waals surface area (Å²) in [6, 6.07) is 8.10. The lowest BCUT2D eigenvalue weighted by molar-refractivity contribution is 0.268. The van der Waals surface area contributed by atoms with E-state index in [2.05, 4.69) is 17.4 Å². The second-order valence-electron chi connectivity index (χ2n) is 4.50. The molecule has 2 atom stereocenters. The average Bonchev–Trinajstić information content (AvgIpc) is 2.39. The summed E-state index contributed by atoms with van der Waals surface area (Å²) in [6.45, 7) is 2.22. The van der Waals surface area contributed by atoms with E-state index in [1.54, 1.807) is 0 Å². The molecule has 1 heterocycles. The number of nitrogens with two attached hydrogens (primary N) is 1. The Morgan fingerprint density at radius 2 is 2.12 bits per heavy atom. The fraction of sp³-hybridized carbons (Fsp3) is 0.538. The lowest BCUT2D eigenvalue weighted by atomic mass is 9.90. The third kappa shape index (κ3) is 2.61. The molecule has 3 heteroatoms. The van der Waals surface area contributed by atoms with Crippen LogP contribution in [-0.4, -0.2) is 24.8 Å². The minimum Gasteiger partial charge on any atom is -0.394 e. The fourth-order valence-corrected chi connectivity index (χ4v) is 2.26. The molecule has 0 aliphatic carbocycles. The molecule has 1 aromatic carbocycles. The van der Waals surface area contributed by atoms with E-state index in [0.29, 0.717) is 5.92 Å². The maximum Gasteiger partial charge on any atom is 0.0624 e. The van der Waals surface area contributed by atoms with Gasteiger partial charge in [-0.25, -0.2) is 0 Å². The van der Waals surface area contributed by atoms with E-state index >= 15 is 0 Å². The van der Waals surface area contributed by atoms with E-state index < -0.39 is 0 Å². The summed E-state index contributed by atoms with van der Waals surface area (Å²) in [5, 5.41) is 12.4. The van der Waals surface area contributed by atoms with E-state index in [9.17, 15) is 0 Å². The second-order valence-corrected chi connectivity index (χ2v) is 4.50. The lowest BCUT2D eigenvalue weighted by Crippen LogP contribution is -2.28. The Hall–Kier alpha value is -0.900. The number of nitrogens with one attached hydrogen (secondary N) is 1. The third-order valence-corrected chi connectivity index (χ3v) is 3.33. The van der Waals surface area contributed by atoms with Crippen LogP contribution < -0.4 is 11.1 Å². The van der Waals surface area contributed by atoms with Crippen LogP contribution in [0.25, 0.3) is 0 Å². The van der Waals surface area contributed by atoms with Crippen molar-refractivity contribution in [1.29, 1.82) is 0 Å². The zero-order valence-corrected chi connectivity index (χ0v) is 9.52. The summed E-state index contributed by atoms with van der Waals surface area (Å²) >= 11 is 0. The molecule has 16 heavy (non-hydrogen) atoms. The molecule has 1 aromatic rings. The molecule has 2 rings (SSSR count). The van der Waals surface area contributed by atoms with Crippen molar-refractivity contribution in [2.75, 3.05) is 19.7 Å². The molecule has 2 unspecified atom stereocenters. The fourth-order valence-electron chi connectivity index (χ4n) is 2.26. The molecule has 0 radical (unpaired) electrons. The van der Waals surface area contributed by atoms with E-state index in [0.717, 1.165) is 18.7 Å². The van der Waals surface area contributed by atoms with Crippen LogP contribution >= 0.6 is 0 Å². The summed E-state index contributed by atoms with van der Waals surface area (Å²) in [7, 11) is 0. The molecule has 1 aliphatic rings. The lowest BCUT2D eigenvalue weighted by Gasteiger charge is -2.23.